The fraction of sp³-hybridized carbons (Fsp3) is 0.444. The number of benzene rings is 1. The fourth-order valence-corrected chi connectivity index (χ4v) is 2.38. The highest BCUT2D eigenvalue weighted by Crippen LogP contribution is 2.30. The number of hydrogen-bond acceptors (Lipinski definition) is 3. The Labute approximate surface area is 137 Å². The maximum atomic E-state index is 12.0. The van der Waals surface area contributed by atoms with Gasteiger partial charge in [0.15, 0.2) is 0 Å². The minimum Gasteiger partial charge on any atom is -0.491 e. The molecule has 2 rings (SSSR count). The van der Waals surface area contributed by atoms with Gasteiger partial charge in [0.25, 0.3) is 5.91 Å². The summed E-state index contributed by atoms with van der Waals surface area (Å²) in [6.45, 7) is 3.94. The van der Waals surface area contributed by atoms with Gasteiger partial charge < -0.3 is 16.2 Å². The van der Waals surface area contributed by atoms with Gasteiger partial charge in [-0.05, 0) is 56.4 Å². The van der Waals surface area contributed by atoms with Crippen molar-refractivity contribution < 1.29 is 9.53 Å². The molecule has 0 heterocycles. The van der Waals surface area contributed by atoms with Crippen molar-refractivity contribution in [3.63, 3.8) is 0 Å². The van der Waals surface area contributed by atoms with E-state index in [1.165, 1.54) is 6.42 Å². The molecule has 0 aromatic heterocycles. The van der Waals surface area contributed by atoms with E-state index in [9.17, 15) is 4.79 Å². The molecule has 0 spiro atoms. The molecule has 124 valence electrons. The monoisotopic (exact) mass is 315 g/mol. The topological polar surface area (TPSA) is 90.7 Å². The Balaban J connectivity index is 1.91. The third kappa shape index (κ3) is 5.43. The Hall–Kier alpha value is -2.30. The summed E-state index contributed by atoms with van der Waals surface area (Å²) in [6, 6.07) is 7.42. The normalized spacial score (nSPS) is 16.3. The van der Waals surface area contributed by atoms with Crippen LogP contribution in [0.5, 0.6) is 5.75 Å². The van der Waals surface area contributed by atoms with Crippen molar-refractivity contribution in [2.75, 3.05) is 0 Å². The van der Waals surface area contributed by atoms with E-state index in [0.717, 1.165) is 29.9 Å². The highest BCUT2D eigenvalue weighted by Gasteiger charge is 2.19. The maximum Gasteiger partial charge on any atom is 0.252 e. The Kier molecular flexibility index (Phi) is 5.79. The molecule has 1 aliphatic carbocycles. The fourth-order valence-electron chi connectivity index (χ4n) is 2.38. The van der Waals surface area contributed by atoms with Gasteiger partial charge in [-0.25, -0.2) is 0 Å². The number of nitrogens with two attached hydrogens (primary N) is 2. The first-order valence-electron chi connectivity index (χ1n) is 8.03. The van der Waals surface area contributed by atoms with Crippen molar-refractivity contribution >= 4 is 11.7 Å². The molecular formula is C18H25N3O2. The second-order valence-electron chi connectivity index (χ2n) is 6.19. The number of rotatable bonds is 6. The first-order valence-corrected chi connectivity index (χ1v) is 8.03. The third-order valence-corrected chi connectivity index (χ3v) is 3.80. The van der Waals surface area contributed by atoms with Crippen LogP contribution in [-0.2, 0) is 11.2 Å². The van der Waals surface area contributed by atoms with Crippen LogP contribution in [0.3, 0.4) is 0 Å². The molecule has 5 heteroatoms. The maximum absolute atomic E-state index is 12.0. The molecule has 0 radical (unpaired) electrons. The second kappa shape index (κ2) is 7.81. The zero-order valence-corrected chi connectivity index (χ0v) is 13.8. The lowest BCUT2D eigenvalue weighted by atomic mass is 9.83. The Morgan fingerprint density at radius 3 is 2.48 bits per heavy atom. The SMILES string of the molecule is CC(C)Oc1ccc(CC(=O)N=C(N)/C=C(\N)C2CCC2)cc1. The molecule has 1 aliphatic rings. The molecule has 1 fully saturated rings. The van der Waals surface area contributed by atoms with Gasteiger partial charge >= 0.3 is 0 Å². The highest BCUT2D eigenvalue weighted by atomic mass is 16.5. The van der Waals surface area contributed by atoms with Crippen LogP contribution in [0.25, 0.3) is 0 Å². The first kappa shape index (κ1) is 17.1. The predicted molar refractivity (Wildman–Crippen MR) is 92.2 cm³/mol. The van der Waals surface area contributed by atoms with E-state index in [-0.39, 0.29) is 24.3 Å². The van der Waals surface area contributed by atoms with Crippen LogP contribution >= 0.6 is 0 Å². The number of hydrogen-bond donors (Lipinski definition) is 2. The summed E-state index contributed by atoms with van der Waals surface area (Å²) >= 11 is 0. The predicted octanol–water partition coefficient (Wildman–Crippen LogP) is 2.54. The molecule has 23 heavy (non-hydrogen) atoms. The minimum atomic E-state index is -0.280. The van der Waals surface area contributed by atoms with Crippen molar-refractivity contribution in [3.05, 3.63) is 41.6 Å². The lowest BCUT2D eigenvalue weighted by molar-refractivity contribution is -0.117. The van der Waals surface area contributed by atoms with Crippen molar-refractivity contribution in [1.82, 2.24) is 0 Å². The van der Waals surface area contributed by atoms with Crippen molar-refractivity contribution in [1.29, 1.82) is 0 Å². The third-order valence-electron chi connectivity index (χ3n) is 3.80. The molecule has 4 N–H and O–H groups in total. The number of allylic oxidation sites excluding steroid dienone is 1. The lowest BCUT2D eigenvalue weighted by Gasteiger charge is -2.25. The molecule has 0 unspecified atom stereocenters. The molecule has 5 nitrogen and oxygen atoms in total. The van der Waals surface area contributed by atoms with E-state index in [1.807, 2.05) is 38.1 Å². The van der Waals surface area contributed by atoms with Gasteiger partial charge in [0.05, 0.1) is 12.5 Å². The summed E-state index contributed by atoms with van der Waals surface area (Å²) in [6.07, 6.45) is 5.33. The van der Waals surface area contributed by atoms with Crippen LogP contribution in [0.1, 0.15) is 38.7 Å². The summed E-state index contributed by atoms with van der Waals surface area (Å²) in [5.74, 6) is 1.08. The number of carbonyl (C=O) groups is 1. The summed E-state index contributed by atoms with van der Waals surface area (Å²) in [5, 5.41) is 0. The van der Waals surface area contributed by atoms with Crippen LogP contribution < -0.4 is 16.2 Å². The number of aliphatic imine (C=N–C) groups is 1. The molecule has 0 saturated heterocycles. The number of amidine groups is 1. The van der Waals surface area contributed by atoms with Gasteiger partial charge in [-0.3, -0.25) is 4.79 Å². The Bertz CT molecular complexity index is 599. The van der Waals surface area contributed by atoms with Crippen molar-refractivity contribution in [2.45, 2.75) is 45.6 Å². The molecule has 0 aliphatic heterocycles. The number of nitrogens with zero attached hydrogens (tertiary/aromatic N) is 1. The number of carbonyl (C=O) groups excluding carboxylic acids is 1. The van der Waals surface area contributed by atoms with Crippen LogP contribution in [-0.4, -0.2) is 17.8 Å². The van der Waals surface area contributed by atoms with E-state index >= 15 is 0 Å². The van der Waals surface area contributed by atoms with Gasteiger partial charge in [-0.15, -0.1) is 0 Å². The molecule has 0 atom stereocenters. The van der Waals surface area contributed by atoms with Gasteiger partial charge in [-0.1, -0.05) is 18.6 Å². The summed E-state index contributed by atoms with van der Waals surface area (Å²) in [5.41, 5.74) is 13.3. The minimum absolute atomic E-state index is 0.125. The van der Waals surface area contributed by atoms with E-state index in [4.69, 9.17) is 16.2 Å². The Morgan fingerprint density at radius 2 is 1.96 bits per heavy atom. The van der Waals surface area contributed by atoms with E-state index < -0.39 is 0 Å². The van der Waals surface area contributed by atoms with Gasteiger partial charge in [0.2, 0.25) is 0 Å². The zero-order chi connectivity index (χ0) is 16.8. The zero-order valence-electron chi connectivity index (χ0n) is 13.8. The standard InChI is InChI=1S/C18H25N3O2/c1-12(2)23-15-8-6-13(7-9-15)10-18(22)21-17(20)11-16(19)14-4-3-5-14/h6-9,11-12,14H,3-5,10,19H2,1-2H3,(H2,20,21,22)/b16-11-. The first-order chi connectivity index (χ1) is 10.9. The largest absolute Gasteiger partial charge is 0.491 e. The molecular weight excluding hydrogens is 290 g/mol. The van der Waals surface area contributed by atoms with Gasteiger partial charge in [-0.2, -0.15) is 4.99 Å². The van der Waals surface area contributed by atoms with Gasteiger partial charge in [0.1, 0.15) is 11.6 Å². The molecule has 0 bridgehead atoms. The second-order valence-corrected chi connectivity index (χ2v) is 6.19. The average molecular weight is 315 g/mol. The highest BCUT2D eigenvalue weighted by molar-refractivity contribution is 6.00. The van der Waals surface area contributed by atoms with Crippen LogP contribution in [0.15, 0.2) is 41.0 Å². The smallest absolute Gasteiger partial charge is 0.252 e. The van der Waals surface area contributed by atoms with E-state index in [1.54, 1.807) is 6.08 Å². The van der Waals surface area contributed by atoms with Crippen LogP contribution in [0.4, 0.5) is 0 Å². The van der Waals surface area contributed by atoms with E-state index in [2.05, 4.69) is 4.99 Å². The lowest BCUT2D eigenvalue weighted by Crippen LogP contribution is -2.22. The number of ether oxygens (including phenoxy) is 1. The number of amides is 1. The summed E-state index contributed by atoms with van der Waals surface area (Å²) in [7, 11) is 0. The summed E-state index contributed by atoms with van der Waals surface area (Å²) < 4.78 is 5.57. The van der Waals surface area contributed by atoms with E-state index in [0.29, 0.717) is 5.92 Å². The Morgan fingerprint density at radius 1 is 1.30 bits per heavy atom. The van der Waals surface area contributed by atoms with Crippen LogP contribution in [0.2, 0.25) is 0 Å². The van der Waals surface area contributed by atoms with Crippen LogP contribution in [0, 0.1) is 5.92 Å². The molecule has 1 amide bonds. The molecule has 1 aromatic carbocycles. The quantitative estimate of drug-likeness (QED) is 0.623. The molecule has 1 saturated carbocycles. The van der Waals surface area contributed by atoms with Crippen molar-refractivity contribution in [2.24, 2.45) is 22.4 Å². The molecule has 1 aromatic rings. The van der Waals surface area contributed by atoms with Gasteiger partial charge in [0, 0.05) is 5.70 Å². The summed E-state index contributed by atoms with van der Waals surface area (Å²) in [4.78, 5) is 15.8. The average Bonchev–Trinajstić information content (AvgIpc) is 2.37. The van der Waals surface area contributed by atoms with Crippen molar-refractivity contribution in [3.8, 4) is 5.75 Å².